The summed E-state index contributed by atoms with van der Waals surface area (Å²) in [5.41, 5.74) is 1.61. The summed E-state index contributed by atoms with van der Waals surface area (Å²) < 4.78 is 22.8. The molecule has 1 unspecified atom stereocenters. The Morgan fingerprint density at radius 2 is 1.97 bits per heavy atom. The molecule has 0 saturated carbocycles. The zero-order valence-electron chi connectivity index (χ0n) is 16.1. The topological polar surface area (TPSA) is 139 Å². The maximum atomic E-state index is 12.8. The molecule has 156 valence electrons. The third-order valence-corrected chi connectivity index (χ3v) is 5.86. The fourth-order valence-corrected chi connectivity index (χ4v) is 3.91. The number of hydrogen-bond donors (Lipinski definition) is 4. The minimum Gasteiger partial charge on any atom is -0.348 e. The molecule has 0 aliphatic carbocycles. The summed E-state index contributed by atoms with van der Waals surface area (Å²) in [4.78, 5) is 21.7. The average molecular weight is 427 g/mol. The number of benzene rings is 2. The smallest absolute Gasteiger partial charge is 0.253 e. The molecule has 3 aromatic rings. The molecule has 2 heterocycles. The van der Waals surface area contributed by atoms with Crippen molar-refractivity contribution in [3.8, 4) is 0 Å². The van der Waals surface area contributed by atoms with E-state index in [0.717, 1.165) is 31.3 Å². The first-order chi connectivity index (χ1) is 14.4. The van der Waals surface area contributed by atoms with Crippen LogP contribution in [0.3, 0.4) is 0 Å². The van der Waals surface area contributed by atoms with Crippen molar-refractivity contribution in [1.29, 1.82) is 0 Å². The van der Waals surface area contributed by atoms with Crippen LogP contribution in [0.4, 0.5) is 11.6 Å². The van der Waals surface area contributed by atoms with E-state index >= 15 is 0 Å². The van der Waals surface area contributed by atoms with E-state index in [1.165, 1.54) is 12.1 Å². The van der Waals surface area contributed by atoms with Gasteiger partial charge in [0, 0.05) is 29.9 Å². The first kappa shape index (κ1) is 20.2. The number of sulfonamides is 1. The van der Waals surface area contributed by atoms with Gasteiger partial charge in [0.05, 0.1) is 16.0 Å². The molecule has 4 rings (SSSR count). The Labute approximate surface area is 174 Å². The Bertz CT molecular complexity index is 1170. The molecule has 1 aliphatic heterocycles. The quantitative estimate of drug-likeness (QED) is 0.485. The van der Waals surface area contributed by atoms with Crippen LogP contribution in [0.2, 0.25) is 0 Å². The highest BCUT2D eigenvalue weighted by Crippen LogP contribution is 2.21. The van der Waals surface area contributed by atoms with Crippen LogP contribution in [-0.4, -0.2) is 43.4 Å². The van der Waals surface area contributed by atoms with Gasteiger partial charge < -0.3 is 16.0 Å². The molecule has 1 fully saturated rings. The minimum absolute atomic E-state index is 0.0173. The van der Waals surface area contributed by atoms with Crippen molar-refractivity contribution in [2.45, 2.75) is 23.8 Å². The van der Waals surface area contributed by atoms with Crippen LogP contribution in [0.1, 0.15) is 23.2 Å². The van der Waals surface area contributed by atoms with Crippen molar-refractivity contribution in [2.75, 3.05) is 18.4 Å². The highest BCUT2D eigenvalue weighted by atomic mass is 32.2. The van der Waals surface area contributed by atoms with Gasteiger partial charge in [0.2, 0.25) is 16.0 Å². The molecule has 5 N–H and O–H groups in total. The Morgan fingerprint density at radius 1 is 1.17 bits per heavy atom. The van der Waals surface area contributed by atoms with E-state index in [2.05, 4.69) is 25.9 Å². The van der Waals surface area contributed by atoms with Crippen LogP contribution in [-0.2, 0) is 10.0 Å². The van der Waals surface area contributed by atoms with Crippen molar-refractivity contribution >= 4 is 38.5 Å². The van der Waals surface area contributed by atoms with Gasteiger partial charge in [-0.3, -0.25) is 4.79 Å². The molecule has 0 spiro atoms. The summed E-state index contributed by atoms with van der Waals surface area (Å²) in [5, 5.41) is 15.2. The van der Waals surface area contributed by atoms with Crippen molar-refractivity contribution in [1.82, 2.24) is 20.6 Å². The molecule has 1 aromatic heterocycles. The molecule has 1 amide bonds. The van der Waals surface area contributed by atoms with Crippen LogP contribution in [0.5, 0.6) is 0 Å². The van der Waals surface area contributed by atoms with Gasteiger partial charge in [0.1, 0.15) is 0 Å². The van der Waals surface area contributed by atoms with Crippen LogP contribution < -0.4 is 21.1 Å². The number of amides is 1. The van der Waals surface area contributed by atoms with E-state index in [9.17, 15) is 13.2 Å². The lowest BCUT2D eigenvalue weighted by molar-refractivity contribution is 0.0932. The second-order valence-electron chi connectivity index (χ2n) is 7.15. The molecular weight excluding hydrogens is 404 g/mol. The molecular formula is C20H22N6O3S. The lowest BCUT2D eigenvalue weighted by Crippen LogP contribution is -2.45. The predicted octanol–water partition coefficient (Wildman–Crippen LogP) is 1.50. The molecule has 30 heavy (non-hydrogen) atoms. The molecule has 1 saturated heterocycles. The molecule has 1 atom stereocenters. The number of aromatic nitrogens is 2. The fraction of sp³-hybridized carbons (Fsp3) is 0.250. The van der Waals surface area contributed by atoms with Gasteiger partial charge in [0.15, 0.2) is 0 Å². The third kappa shape index (κ3) is 4.56. The summed E-state index contributed by atoms with van der Waals surface area (Å²) in [6.07, 6.45) is 3.61. The van der Waals surface area contributed by atoms with Gasteiger partial charge in [-0.15, -0.1) is 0 Å². The molecule has 0 bridgehead atoms. The van der Waals surface area contributed by atoms with Gasteiger partial charge in [0.25, 0.3) is 5.91 Å². The zero-order valence-corrected chi connectivity index (χ0v) is 16.9. The molecule has 2 aromatic carbocycles. The van der Waals surface area contributed by atoms with E-state index in [4.69, 9.17) is 5.14 Å². The molecule has 0 radical (unpaired) electrons. The summed E-state index contributed by atoms with van der Waals surface area (Å²) in [6, 6.07) is 11.4. The van der Waals surface area contributed by atoms with Crippen LogP contribution in [0, 0.1) is 0 Å². The number of nitrogens with zero attached hydrogens (tertiary/aromatic N) is 2. The monoisotopic (exact) mass is 426 g/mol. The number of carbonyl (C=O) groups is 1. The number of anilines is 2. The minimum atomic E-state index is -3.76. The lowest BCUT2D eigenvalue weighted by atomic mass is 10.1. The van der Waals surface area contributed by atoms with E-state index in [1.807, 2.05) is 6.07 Å². The number of piperidine rings is 1. The Kier molecular flexibility index (Phi) is 5.62. The van der Waals surface area contributed by atoms with E-state index in [0.29, 0.717) is 22.7 Å². The standard InChI is InChI=1S/C20H22N6O3S/c21-30(28,29)16-8-6-14(7-9-16)25-20-23-11-13-3-1-5-17(18(13)26-20)19(27)24-15-4-2-10-22-12-15/h1,3,5-9,11,15,22H,2,4,10,12H2,(H,24,27)(H2,21,28,29)(H,23,25,26). The van der Waals surface area contributed by atoms with Gasteiger partial charge in [-0.1, -0.05) is 12.1 Å². The SMILES string of the molecule is NS(=O)(=O)c1ccc(Nc2ncc3cccc(C(=O)NC4CCCNC4)c3n2)cc1. The predicted molar refractivity (Wildman–Crippen MR) is 114 cm³/mol. The average Bonchev–Trinajstić information content (AvgIpc) is 2.74. The highest BCUT2D eigenvalue weighted by Gasteiger charge is 2.18. The number of fused-ring (bicyclic) bond motifs is 1. The maximum Gasteiger partial charge on any atom is 0.253 e. The van der Waals surface area contributed by atoms with Gasteiger partial charge in [-0.2, -0.15) is 0 Å². The van der Waals surface area contributed by atoms with Gasteiger partial charge in [-0.25, -0.2) is 23.5 Å². The summed E-state index contributed by atoms with van der Waals surface area (Å²) in [7, 11) is -3.76. The van der Waals surface area contributed by atoms with Crippen LogP contribution in [0.15, 0.2) is 53.6 Å². The van der Waals surface area contributed by atoms with E-state index in [-0.39, 0.29) is 16.8 Å². The zero-order chi connectivity index (χ0) is 21.1. The second kappa shape index (κ2) is 8.34. The number of nitrogens with two attached hydrogens (primary N) is 1. The summed E-state index contributed by atoms with van der Waals surface area (Å²) in [6.45, 7) is 1.73. The number of rotatable bonds is 5. The van der Waals surface area contributed by atoms with Gasteiger partial charge in [-0.05, 0) is 49.7 Å². The molecule has 1 aliphatic rings. The first-order valence-corrected chi connectivity index (χ1v) is 11.1. The van der Waals surface area contributed by atoms with Gasteiger partial charge >= 0.3 is 0 Å². The fourth-order valence-electron chi connectivity index (χ4n) is 3.39. The number of para-hydroxylation sites is 1. The largest absolute Gasteiger partial charge is 0.348 e. The van der Waals surface area contributed by atoms with E-state index < -0.39 is 10.0 Å². The Morgan fingerprint density at radius 3 is 2.67 bits per heavy atom. The van der Waals surface area contributed by atoms with Crippen LogP contribution in [0.25, 0.3) is 10.9 Å². The normalized spacial score (nSPS) is 16.9. The summed E-state index contributed by atoms with van der Waals surface area (Å²) >= 11 is 0. The van der Waals surface area contributed by atoms with Crippen molar-refractivity contribution in [2.24, 2.45) is 5.14 Å². The van der Waals surface area contributed by atoms with Crippen molar-refractivity contribution in [3.63, 3.8) is 0 Å². The summed E-state index contributed by atoms with van der Waals surface area (Å²) in [5.74, 6) is 0.127. The number of nitrogens with one attached hydrogen (secondary N) is 3. The Hall–Kier alpha value is -3.08. The number of carbonyl (C=O) groups excluding carboxylic acids is 1. The molecule has 9 nitrogen and oxygen atoms in total. The highest BCUT2D eigenvalue weighted by molar-refractivity contribution is 7.89. The van der Waals surface area contributed by atoms with Crippen molar-refractivity contribution < 1.29 is 13.2 Å². The molecule has 10 heteroatoms. The number of primary sulfonamides is 1. The maximum absolute atomic E-state index is 12.8. The van der Waals surface area contributed by atoms with Crippen molar-refractivity contribution in [3.05, 3.63) is 54.2 Å². The second-order valence-corrected chi connectivity index (χ2v) is 8.71. The van der Waals surface area contributed by atoms with Crippen LogP contribution >= 0.6 is 0 Å². The third-order valence-electron chi connectivity index (χ3n) is 4.93. The number of hydrogen-bond acceptors (Lipinski definition) is 7. The van der Waals surface area contributed by atoms with E-state index in [1.54, 1.807) is 30.5 Å². The Balaban J connectivity index is 1.58. The lowest BCUT2D eigenvalue weighted by Gasteiger charge is -2.24. The first-order valence-electron chi connectivity index (χ1n) is 9.57.